The second-order valence-electron chi connectivity index (χ2n) is 14.3. The number of hydrogen-bond acceptors (Lipinski definition) is 4. The van der Waals surface area contributed by atoms with Crippen molar-refractivity contribution in [3.8, 4) is 0 Å². The molecule has 0 spiro atoms. The van der Waals surface area contributed by atoms with Gasteiger partial charge in [0.25, 0.3) is 8.32 Å². The summed E-state index contributed by atoms with van der Waals surface area (Å²) in [5.41, 5.74) is 0.302. The van der Waals surface area contributed by atoms with Gasteiger partial charge in [0.2, 0.25) is 0 Å². The van der Waals surface area contributed by atoms with E-state index in [-0.39, 0.29) is 23.1 Å². The van der Waals surface area contributed by atoms with Gasteiger partial charge in [-0.2, -0.15) is 0 Å². The molecule has 4 rings (SSSR count). The first-order valence-electron chi connectivity index (χ1n) is 15.3. The average Bonchev–Trinajstić information content (AvgIpc) is 3.32. The van der Waals surface area contributed by atoms with Gasteiger partial charge in [-0.3, -0.25) is 4.90 Å². The van der Waals surface area contributed by atoms with Crippen LogP contribution in [0.4, 0.5) is 4.79 Å². The number of benzene rings is 3. The Hall–Kier alpha value is -2.93. The minimum atomic E-state index is -2.68. The number of alkyl carbamates (subject to hydrolysis) is 1. The Labute approximate surface area is 254 Å². The number of carbonyl (C=O) groups is 1. The zero-order valence-electron chi connectivity index (χ0n) is 26.8. The van der Waals surface area contributed by atoms with E-state index in [9.17, 15) is 4.79 Å². The maximum absolute atomic E-state index is 12.8. The highest BCUT2D eigenvalue weighted by Crippen LogP contribution is 2.39. The van der Waals surface area contributed by atoms with Gasteiger partial charge in [-0.1, -0.05) is 112 Å². The smallest absolute Gasteiger partial charge is 0.408 e. The lowest BCUT2D eigenvalue weighted by molar-refractivity contribution is 0.0437. The molecule has 1 saturated heterocycles. The lowest BCUT2D eigenvalue weighted by Gasteiger charge is -2.44. The van der Waals surface area contributed by atoms with Gasteiger partial charge in [-0.15, -0.1) is 0 Å². The molecule has 1 fully saturated rings. The van der Waals surface area contributed by atoms with E-state index in [1.807, 2.05) is 20.8 Å². The molecule has 5 nitrogen and oxygen atoms in total. The first-order valence-corrected chi connectivity index (χ1v) is 17.2. The molecule has 1 amide bonds. The second-order valence-corrected chi connectivity index (χ2v) is 18.6. The van der Waals surface area contributed by atoms with Crippen molar-refractivity contribution >= 4 is 24.8 Å². The summed E-state index contributed by atoms with van der Waals surface area (Å²) in [6.07, 6.45) is 0.558. The van der Waals surface area contributed by atoms with Crippen LogP contribution in [0, 0.1) is 5.92 Å². The summed E-state index contributed by atoms with van der Waals surface area (Å²) in [5.74, 6) is 0.237. The lowest BCUT2D eigenvalue weighted by Crippen LogP contribution is -2.67. The molecular weight excluding hydrogens is 536 g/mol. The number of rotatable bonds is 9. The first-order chi connectivity index (χ1) is 19.7. The fraction of sp³-hybridized carbons (Fsp3) is 0.472. The minimum Gasteiger partial charge on any atom is -0.444 e. The van der Waals surface area contributed by atoms with Gasteiger partial charge in [0.15, 0.2) is 0 Å². The van der Waals surface area contributed by atoms with Crippen LogP contribution in [0.3, 0.4) is 0 Å². The first kappa shape index (κ1) is 32.0. The van der Waals surface area contributed by atoms with Gasteiger partial charge in [0.05, 0.1) is 6.61 Å². The highest BCUT2D eigenvalue weighted by molar-refractivity contribution is 6.99. The predicted octanol–water partition coefficient (Wildman–Crippen LogP) is 6.76. The fourth-order valence-corrected chi connectivity index (χ4v) is 10.9. The maximum Gasteiger partial charge on any atom is 0.408 e. The third kappa shape index (κ3) is 7.52. The molecule has 3 aromatic carbocycles. The summed E-state index contributed by atoms with van der Waals surface area (Å²) >= 11 is 0. The third-order valence-electron chi connectivity index (χ3n) is 8.51. The van der Waals surface area contributed by atoms with Gasteiger partial charge < -0.3 is 14.5 Å². The van der Waals surface area contributed by atoms with Gasteiger partial charge in [-0.05, 0) is 67.9 Å². The molecule has 0 aliphatic carbocycles. The molecule has 1 aliphatic heterocycles. The number of likely N-dealkylation sites (tertiary alicyclic amines) is 1. The summed E-state index contributed by atoms with van der Waals surface area (Å²) in [5, 5.41) is 5.68. The van der Waals surface area contributed by atoms with Gasteiger partial charge in [0.1, 0.15) is 5.60 Å². The van der Waals surface area contributed by atoms with Crippen molar-refractivity contribution in [2.24, 2.45) is 5.92 Å². The minimum absolute atomic E-state index is 0.0878. The number of carbonyl (C=O) groups excluding carboxylic acids is 1. The molecule has 1 heterocycles. The largest absolute Gasteiger partial charge is 0.444 e. The van der Waals surface area contributed by atoms with Crippen LogP contribution in [0.1, 0.15) is 67.4 Å². The number of ether oxygens (including phenoxy) is 1. The topological polar surface area (TPSA) is 50.8 Å². The Morgan fingerprint density at radius 1 is 0.810 bits per heavy atom. The number of hydrogen-bond donors (Lipinski definition) is 1. The molecule has 2 atom stereocenters. The molecule has 1 aliphatic rings. The third-order valence-corrected chi connectivity index (χ3v) is 13.5. The molecule has 1 N–H and O–H groups in total. The van der Waals surface area contributed by atoms with Crippen LogP contribution in [-0.2, 0) is 15.7 Å². The van der Waals surface area contributed by atoms with Crippen molar-refractivity contribution in [1.29, 1.82) is 0 Å². The zero-order chi connectivity index (χ0) is 30.6. The van der Waals surface area contributed by atoms with Crippen LogP contribution in [-0.4, -0.2) is 49.6 Å². The van der Waals surface area contributed by atoms with Crippen LogP contribution >= 0.6 is 0 Å². The molecule has 0 unspecified atom stereocenters. The Morgan fingerprint density at radius 3 is 1.79 bits per heavy atom. The molecule has 0 aromatic heterocycles. The summed E-state index contributed by atoms with van der Waals surface area (Å²) in [7, 11) is -2.68. The van der Waals surface area contributed by atoms with E-state index in [1.165, 1.54) is 15.9 Å². The lowest BCUT2D eigenvalue weighted by atomic mass is 9.85. The van der Waals surface area contributed by atoms with Crippen LogP contribution in [0.15, 0.2) is 91.0 Å². The molecule has 0 saturated carbocycles. The summed E-state index contributed by atoms with van der Waals surface area (Å²) in [6, 6.07) is 32.5. The van der Waals surface area contributed by atoms with Crippen molar-refractivity contribution in [2.75, 3.05) is 13.2 Å². The summed E-state index contributed by atoms with van der Waals surface area (Å²) < 4.78 is 13.0. The van der Waals surface area contributed by atoms with Crippen molar-refractivity contribution in [3.63, 3.8) is 0 Å². The quantitative estimate of drug-likeness (QED) is 0.282. The fourth-order valence-electron chi connectivity index (χ4n) is 6.34. The van der Waals surface area contributed by atoms with E-state index in [0.29, 0.717) is 6.61 Å². The monoisotopic (exact) mass is 586 g/mol. The summed E-state index contributed by atoms with van der Waals surface area (Å²) in [6.45, 7) is 19.2. The van der Waals surface area contributed by atoms with Gasteiger partial charge in [0, 0.05) is 24.7 Å². The van der Waals surface area contributed by atoms with Crippen molar-refractivity contribution in [2.45, 2.75) is 90.6 Å². The van der Waals surface area contributed by atoms with E-state index in [2.05, 4.69) is 136 Å². The zero-order valence-corrected chi connectivity index (χ0v) is 27.8. The maximum atomic E-state index is 12.8. The highest BCUT2D eigenvalue weighted by Gasteiger charge is 2.51. The predicted molar refractivity (Wildman–Crippen MR) is 176 cm³/mol. The SMILES string of the molecule is CC(C)(C)OC(=O)NC(C)(C)[C@H]1C[C@@H](CO[Si](c2ccccc2)(c2ccccc2)C(C)(C)C)N(Cc2ccccc2)C1. The Kier molecular flexibility index (Phi) is 9.71. The molecule has 42 heavy (non-hydrogen) atoms. The molecule has 0 bridgehead atoms. The molecular formula is C36H50N2O3Si. The van der Waals surface area contributed by atoms with E-state index in [0.717, 1.165) is 19.5 Å². The summed E-state index contributed by atoms with van der Waals surface area (Å²) in [4.78, 5) is 15.4. The standard InChI is InChI=1S/C36H50N2O3Si/c1-34(2,3)41-33(39)37-36(7,8)29-24-30(38(26-29)25-28-18-12-9-13-19-28)27-40-42(35(4,5)6,31-20-14-10-15-21-31)32-22-16-11-17-23-32/h9-23,29-30H,24-27H2,1-8H3,(H,37,39)/t29-,30-/m0/s1. The van der Waals surface area contributed by atoms with E-state index in [4.69, 9.17) is 9.16 Å². The van der Waals surface area contributed by atoms with Crippen molar-refractivity contribution in [3.05, 3.63) is 96.6 Å². The van der Waals surface area contributed by atoms with Crippen LogP contribution in [0.5, 0.6) is 0 Å². The second kappa shape index (κ2) is 12.7. The normalized spacial score (nSPS) is 18.6. The van der Waals surface area contributed by atoms with Crippen molar-refractivity contribution < 1.29 is 14.0 Å². The van der Waals surface area contributed by atoms with E-state index in [1.54, 1.807) is 0 Å². The molecule has 3 aromatic rings. The van der Waals surface area contributed by atoms with Crippen LogP contribution < -0.4 is 15.7 Å². The average molecular weight is 587 g/mol. The van der Waals surface area contributed by atoms with E-state index >= 15 is 0 Å². The van der Waals surface area contributed by atoms with Gasteiger partial charge in [-0.25, -0.2) is 4.79 Å². The Bertz CT molecular complexity index is 1240. The van der Waals surface area contributed by atoms with Crippen LogP contribution in [0.25, 0.3) is 0 Å². The molecule has 6 heteroatoms. The van der Waals surface area contributed by atoms with Gasteiger partial charge >= 0.3 is 6.09 Å². The molecule has 226 valence electrons. The number of nitrogens with zero attached hydrogens (tertiary/aromatic N) is 1. The van der Waals surface area contributed by atoms with E-state index < -0.39 is 19.5 Å². The Morgan fingerprint density at radius 2 is 1.31 bits per heavy atom. The van der Waals surface area contributed by atoms with Crippen molar-refractivity contribution in [1.82, 2.24) is 10.2 Å². The Balaban J connectivity index is 1.65. The van der Waals surface area contributed by atoms with Crippen LogP contribution in [0.2, 0.25) is 5.04 Å². The highest BCUT2D eigenvalue weighted by atomic mass is 28.4. The molecule has 0 radical (unpaired) electrons. The number of amides is 1. The number of nitrogens with one attached hydrogen (secondary N) is 1.